The predicted molar refractivity (Wildman–Crippen MR) is 365 cm³/mol. The van der Waals surface area contributed by atoms with Gasteiger partial charge in [0.05, 0.1) is 22.8 Å². The monoisotopic (exact) mass is 1100 g/mol. The Bertz CT molecular complexity index is 1710. The molecule has 0 aliphatic heterocycles. The van der Waals surface area contributed by atoms with E-state index in [2.05, 4.69) is 101 Å². The molecule has 80 heavy (non-hydrogen) atoms. The van der Waals surface area contributed by atoms with Crippen LogP contribution in [0.15, 0.2) is 82.8 Å². The number of para-hydroxylation sites is 2. The van der Waals surface area contributed by atoms with Crippen molar-refractivity contribution >= 4 is 22.8 Å². The van der Waals surface area contributed by atoms with Gasteiger partial charge in [0.25, 0.3) is 0 Å². The van der Waals surface area contributed by atoms with E-state index < -0.39 is 0 Å². The third-order valence-corrected chi connectivity index (χ3v) is 17.4. The fourth-order valence-electron chi connectivity index (χ4n) is 12.0. The Kier molecular flexibility index (Phi) is 54.5. The molecule has 0 aromatic heterocycles. The predicted octanol–water partition coefficient (Wildman–Crippen LogP) is 27.9. The molecule has 0 fully saturated rings. The number of hydrogen-bond acceptors (Lipinski definition) is 2. The lowest BCUT2D eigenvalue weighted by atomic mass is 10.0. The lowest BCUT2D eigenvalue weighted by Gasteiger charge is -2.13. The van der Waals surface area contributed by atoms with Crippen molar-refractivity contribution in [1.29, 1.82) is 0 Å². The lowest BCUT2D eigenvalue weighted by Crippen LogP contribution is -2.13. The van der Waals surface area contributed by atoms with E-state index in [0.29, 0.717) is 0 Å². The molecule has 0 aliphatic rings. The number of unbranched alkanes of at least 4 members (excludes halogenated alkanes) is 47. The SMILES string of the molecule is CCCCCCCCCCCCCCCCCCCCCCCC/C=C/CCc1ccccc1N=C(CC)C(CCCCCC)=Nc1ccccc1CC/C=C/CCCCCCCCCCCCCCCCCCCCCCCC. The van der Waals surface area contributed by atoms with Crippen molar-refractivity contribution in [3.63, 3.8) is 0 Å². The summed E-state index contributed by atoms with van der Waals surface area (Å²) in [5.74, 6) is 0. The Balaban J connectivity index is 1.63. The number of aliphatic imine (C=N–C) groups is 2. The molecule has 0 N–H and O–H groups in total. The van der Waals surface area contributed by atoms with Crippen LogP contribution < -0.4 is 0 Å². The fourth-order valence-corrected chi connectivity index (χ4v) is 12.0. The lowest BCUT2D eigenvalue weighted by molar-refractivity contribution is 0.519. The summed E-state index contributed by atoms with van der Waals surface area (Å²) in [6, 6.07) is 17.8. The highest BCUT2D eigenvalue weighted by Crippen LogP contribution is 2.26. The van der Waals surface area contributed by atoms with Crippen LogP contribution in [0, 0.1) is 0 Å². The first kappa shape index (κ1) is 73.4. The molecule has 2 aromatic rings. The first-order valence-corrected chi connectivity index (χ1v) is 36.3. The van der Waals surface area contributed by atoms with Gasteiger partial charge < -0.3 is 0 Å². The Labute approximate surface area is 501 Å². The van der Waals surface area contributed by atoms with E-state index in [1.165, 1.54) is 338 Å². The summed E-state index contributed by atoms with van der Waals surface area (Å²) in [5, 5.41) is 0. The molecule has 0 atom stereocenters. The van der Waals surface area contributed by atoms with Crippen molar-refractivity contribution in [2.24, 2.45) is 9.98 Å². The molecule has 0 aliphatic carbocycles. The highest BCUT2D eigenvalue weighted by Gasteiger charge is 2.12. The van der Waals surface area contributed by atoms with Crippen LogP contribution in [0.1, 0.15) is 386 Å². The number of aryl methyl sites for hydroxylation is 2. The van der Waals surface area contributed by atoms with E-state index in [1.807, 2.05) is 0 Å². The van der Waals surface area contributed by atoms with Crippen molar-refractivity contribution in [2.75, 3.05) is 0 Å². The van der Waals surface area contributed by atoms with Gasteiger partial charge in [0, 0.05) is 0 Å². The third kappa shape index (κ3) is 45.7. The molecule has 0 saturated heterocycles. The van der Waals surface area contributed by atoms with Crippen LogP contribution in [0.25, 0.3) is 0 Å². The van der Waals surface area contributed by atoms with E-state index in [1.54, 1.807) is 0 Å². The summed E-state index contributed by atoms with van der Waals surface area (Å²) in [7, 11) is 0. The van der Waals surface area contributed by atoms with Crippen LogP contribution in [-0.2, 0) is 12.8 Å². The zero-order chi connectivity index (χ0) is 57.0. The van der Waals surface area contributed by atoms with Gasteiger partial charge >= 0.3 is 0 Å². The minimum Gasteiger partial charge on any atom is -0.251 e. The first-order valence-electron chi connectivity index (χ1n) is 36.3. The highest BCUT2D eigenvalue weighted by molar-refractivity contribution is 6.43. The maximum atomic E-state index is 5.48. The Morgan fingerprint density at radius 3 is 0.787 bits per heavy atom. The van der Waals surface area contributed by atoms with Crippen molar-refractivity contribution in [1.82, 2.24) is 0 Å². The van der Waals surface area contributed by atoms with E-state index in [0.717, 1.165) is 55.6 Å². The minimum atomic E-state index is 0.894. The maximum Gasteiger partial charge on any atom is 0.0665 e. The second kappa shape index (κ2) is 59.4. The number of hydrogen-bond donors (Lipinski definition) is 0. The summed E-state index contributed by atoms with van der Waals surface area (Å²) in [6.45, 7) is 9.20. The standard InChI is InChI=1S/C78H136N2/c1-5-9-12-15-17-19-21-23-25-27-29-31-33-35-37-39-41-43-45-47-49-51-53-55-57-59-66-73-68-62-64-70-76(73)79-75(8-4)78(72-61-14-11-7-3)80-77-71-65-63-69-74(77)67-60-58-56-54-52-50-48-46-44-42-40-38-36-34-32-30-28-26-24-22-20-18-16-13-10-6-2/h55-58,62-65,68-71H,5-54,59-61,66-67,72H2,1-4H3/b57-55+,58-56+,79-75?,80-78?. The third-order valence-electron chi connectivity index (χ3n) is 17.4. The molecule has 0 heterocycles. The van der Waals surface area contributed by atoms with Crippen LogP contribution in [0.4, 0.5) is 11.4 Å². The Hall–Kier alpha value is -2.74. The molecule has 458 valence electrons. The molecule has 0 saturated carbocycles. The maximum absolute atomic E-state index is 5.48. The van der Waals surface area contributed by atoms with Crippen molar-refractivity contribution < 1.29 is 0 Å². The summed E-state index contributed by atoms with van der Waals surface area (Å²) in [5.41, 5.74) is 7.32. The molecular formula is C78H136N2. The number of benzene rings is 2. The van der Waals surface area contributed by atoms with Crippen LogP contribution >= 0.6 is 0 Å². The van der Waals surface area contributed by atoms with Crippen LogP contribution in [0.3, 0.4) is 0 Å². The van der Waals surface area contributed by atoms with Crippen LogP contribution in [0.5, 0.6) is 0 Å². The molecule has 2 aromatic carbocycles. The zero-order valence-electron chi connectivity index (χ0n) is 54.4. The second-order valence-electron chi connectivity index (χ2n) is 25.0. The second-order valence-corrected chi connectivity index (χ2v) is 25.0. The average molecular weight is 1100 g/mol. The zero-order valence-corrected chi connectivity index (χ0v) is 54.4. The number of rotatable bonds is 61. The Morgan fingerprint density at radius 2 is 0.500 bits per heavy atom. The molecule has 0 unspecified atom stereocenters. The van der Waals surface area contributed by atoms with Gasteiger partial charge in [-0.15, -0.1) is 0 Å². The minimum absolute atomic E-state index is 0.894. The van der Waals surface area contributed by atoms with Crippen molar-refractivity contribution in [3.05, 3.63) is 84.0 Å². The van der Waals surface area contributed by atoms with Crippen LogP contribution in [-0.4, -0.2) is 11.4 Å². The molecule has 2 rings (SSSR count). The summed E-state index contributed by atoms with van der Waals surface area (Å²) < 4.78 is 0. The van der Waals surface area contributed by atoms with Gasteiger partial charge in [0.1, 0.15) is 0 Å². The largest absolute Gasteiger partial charge is 0.251 e. The van der Waals surface area contributed by atoms with E-state index in [4.69, 9.17) is 9.98 Å². The summed E-state index contributed by atoms with van der Waals surface area (Å²) in [4.78, 5) is 10.9. The van der Waals surface area contributed by atoms with Crippen molar-refractivity contribution in [2.45, 2.75) is 387 Å². The molecule has 2 heteroatoms. The van der Waals surface area contributed by atoms with Gasteiger partial charge in [-0.25, -0.2) is 0 Å². The van der Waals surface area contributed by atoms with Gasteiger partial charge in [-0.3, -0.25) is 9.98 Å². The topological polar surface area (TPSA) is 24.7 Å². The summed E-state index contributed by atoms with van der Waals surface area (Å²) in [6.07, 6.45) is 86.8. The van der Waals surface area contributed by atoms with E-state index >= 15 is 0 Å². The smallest absolute Gasteiger partial charge is 0.0665 e. The summed E-state index contributed by atoms with van der Waals surface area (Å²) >= 11 is 0. The number of nitrogens with zero attached hydrogens (tertiary/aromatic N) is 2. The van der Waals surface area contributed by atoms with Gasteiger partial charge in [-0.1, -0.05) is 377 Å². The fraction of sp³-hybridized carbons (Fsp3) is 0.769. The van der Waals surface area contributed by atoms with Crippen molar-refractivity contribution in [3.8, 4) is 0 Å². The Morgan fingerprint density at radius 1 is 0.263 bits per heavy atom. The van der Waals surface area contributed by atoms with Gasteiger partial charge in [0.2, 0.25) is 0 Å². The molecule has 0 spiro atoms. The molecule has 0 radical (unpaired) electrons. The number of allylic oxidation sites excluding steroid dienone is 4. The average Bonchev–Trinajstić information content (AvgIpc) is 3.48. The van der Waals surface area contributed by atoms with Gasteiger partial charge in [-0.05, 0) is 93.9 Å². The normalized spacial score (nSPS) is 12.3. The van der Waals surface area contributed by atoms with E-state index in [-0.39, 0.29) is 0 Å². The van der Waals surface area contributed by atoms with Crippen LogP contribution in [0.2, 0.25) is 0 Å². The van der Waals surface area contributed by atoms with E-state index in [9.17, 15) is 0 Å². The molecule has 0 bridgehead atoms. The van der Waals surface area contributed by atoms with Gasteiger partial charge in [0.15, 0.2) is 0 Å². The first-order chi connectivity index (χ1) is 39.7. The van der Waals surface area contributed by atoms with Gasteiger partial charge in [-0.2, -0.15) is 0 Å². The quantitative estimate of drug-likeness (QED) is 0.0358. The molecule has 2 nitrogen and oxygen atoms in total. The molecular weight excluding hydrogens is 965 g/mol. The highest BCUT2D eigenvalue weighted by atomic mass is 14.8. The molecule has 0 amide bonds.